The fraction of sp³-hybridized carbons (Fsp3) is 0.484. The van der Waals surface area contributed by atoms with Crippen molar-refractivity contribution in [2.45, 2.75) is 31.6 Å². The summed E-state index contributed by atoms with van der Waals surface area (Å²) in [5, 5.41) is 26.0. The van der Waals surface area contributed by atoms with Crippen LogP contribution in [0.25, 0.3) is 10.9 Å². The number of piperidine rings is 1. The zero-order valence-corrected chi connectivity index (χ0v) is 23.8. The molecule has 2 heterocycles. The van der Waals surface area contributed by atoms with Crippen LogP contribution in [0.4, 0.5) is 24.5 Å². The largest absolute Gasteiger partial charge is 0.506 e. The van der Waals surface area contributed by atoms with Crippen molar-refractivity contribution in [3.63, 3.8) is 0 Å². The number of para-hydroxylation sites is 2. The smallest absolute Gasteiger partial charge is 0.406 e. The Hall–Kier alpha value is -3.43. The van der Waals surface area contributed by atoms with Gasteiger partial charge in [0.05, 0.1) is 49.9 Å². The third-order valence-electron chi connectivity index (χ3n) is 7.29. The van der Waals surface area contributed by atoms with E-state index in [4.69, 9.17) is 14.6 Å². The number of aromatic hydroxyl groups is 1. The first kappa shape index (κ1) is 31.5. The zero-order valence-electron chi connectivity index (χ0n) is 23.8. The molecule has 1 aliphatic heterocycles. The van der Waals surface area contributed by atoms with Crippen LogP contribution in [0.15, 0.2) is 48.5 Å². The number of nitrogens with one attached hydrogen (secondary N) is 2. The highest BCUT2D eigenvalue weighted by molar-refractivity contribution is 5.94. The lowest BCUT2D eigenvalue weighted by molar-refractivity contribution is -0.140. The summed E-state index contributed by atoms with van der Waals surface area (Å²) in [5.41, 5.74) is 2.02. The molecule has 0 saturated carbocycles. The molecule has 1 aromatic heterocycles. The number of aromatic nitrogens is 1. The van der Waals surface area contributed by atoms with Crippen molar-refractivity contribution in [3.05, 3.63) is 54.2 Å². The van der Waals surface area contributed by atoms with Crippen LogP contribution in [-0.2, 0) is 16.0 Å². The third-order valence-corrected chi connectivity index (χ3v) is 7.29. The number of ether oxygens (including phenoxy) is 2. The average Bonchev–Trinajstić information content (AvgIpc) is 3.29. The summed E-state index contributed by atoms with van der Waals surface area (Å²) in [6.07, 6.45) is -2.69. The number of aliphatic hydroxyl groups is 1. The summed E-state index contributed by atoms with van der Waals surface area (Å²) >= 11 is 0. The number of rotatable bonds is 13. The van der Waals surface area contributed by atoms with E-state index in [2.05, 4.69) is 34.4 Å². The van der Waals surface area contributed by atoms with Crippen LogP contribution >= 0.6 is 0 Å². The minimum Gasteiger partial charge on any atom is -0.506 e. The number of aliphatic hydroxyl groups excluding tert-OH is 1. The highest BCUT2D eigenvalue weighted by Gasteiger charge is 2.31. The van der Waals surface area contributed by atoms with Crippen molar-refractivity contribution in [1.29, 1.82) is 0 Å². The van der Waals surface area contributed by atoms with E-state index in [0.29, 0.717) is 43.0 Å². The Morgan fingerprint density at radius 3 is 2.55 bits per heavy atom. The summed E-state index contributed by atoms with van der Waals surface area (Å²) in [4.78, 5) is 2.28. The van der Waals surface area contributed by atoms with Gasteiger partial charge in [-0.05, 0) is 68.6 Å². The van der Waals surface area contributed by atoms with Crippen LogP contribution in [0.1, 0.15) is 18.5 Å². The Labute approximate surface area is 244 Å². The minimum absolute atomic E-state index is 0.0149. The van der Waals surface area contributed by atoms with Gasteiger partial charge in [-0.1, -0.05) is 24.1 Å². The average molecular weight is 589 g/mol. The van der Waals surface area contributed by atoms with Crippen molar-refractivity contribution in [2.24, 2.45) is 5.92 Å². The van der Waals surface area contributed by atoms with Gasteiger partial charge < -0.3 is 39.8 Å². The van der Waals surface area contributed by atoms with Gasteiger partial charge in [0.25, 0.3) is 0 Å². The van der Waals surface area contributed by atoms with E-state index < -0.39 is 12.7 Å². The third kappa shape index (κ3) is 9.03. The first-order valence-corrected chi connectivity index (χ1v) is 14.2. The van der Waals surface area contributed by atoms with Gasteiger partial charge in [0.2, 0.25) is 0 Å². The number of benzene rings is 2. The van der Waals surface area contributed by atoms with E-state index in [1.165, 1.54) is 4.57 Å². The molecular weight excluding hydrogens is 549 g/mol. The number of phenolic OH excluding ortho intramolecular Hbond substituents is 1. The SMILES string of the molecule is CN1CCC(Nc2cccc3c2cc(C#CCNc2ccccc2O)n3CC(F)(F)F)C(CCOCCOCCO)C1. The van der Waals surface area contributed by atoms with E-state index in [-0.39, 0.29) is 36.6 Å². The Bertz CT molecular complexity index is 1350. The van der Waals surface area contributed by atoms with Crippen molar-refractivity contribution in [2.75, 3.05) is 70.3 Å². The van der Waals surface area contributed by atoms with Gasteiger partial charge in [0, 0.05) is 30.3 Å². The molecule has 8 nitrogen and oxygen atoms in total. The molecule has 2 unspecified atom stereocenters. The number of alkyl halides is 3. The maximum atomic E-state index is 13.6. The second-order valence-electron chi connectivity index (χ2n) is 10.4. The molecule has 2 atom stereocenters. The standard InChI is InChI=1S/C31H39F3N4O4/c1-37-14-11-26(23(21-37)12-16-41-18-19-42-17-15-39)36-27-8-4-9-29-25(27)20-24(38(29)22-31(32,33)34)6-5-13-35-28-7-2-3-10-30(28)40/h2-4,7-10,20,23,26,35-36,39-40H,11-19,21-22H2,1H3. The summed E-state index contributed by atoms with van der Waals surface area (Å²) < 4.78 is 53.0. The number of hydrogen-bond donors (Lipinski definition) is 4. The van der Waals surface area contributed by atoms with Gasteiger partial charge >= 0.3 is 6.18 Å². The number of phenols is 1. The fourth-order valence-corrected chi connectivity index (χ4v) is 5.28. The predicted octanol–water partition coefficient (Wildman–Crippen LogP) is 4.52. The Balaban J connectivity index is 1.50. The summed E-state index contributed by atoms with van der Waals surface area (Å²) in [6, 6.07) is 13.9. The number of hydrogen-bond acceptors (Lipinski definition) is 7. The summed E-state index contributed by atoms with van der Waals surface area (Å²) in [5.74, 6) is 6.17. The van der Waals surface area contributed by atoms with Crippen LogP contribution in [0, 0.1) is 17.8 Å². The summed E-state index contributed by atoms with van der Waals surface area (Å²) in [6.45, 7) is 2.54. The number of halogens is 3. The Kier molecular flexibility index (Phi) is 11.4. The van der Waals surface area contributed by atoms with Crippen LogP contribution < -0.4 is 10.6 Å². The molecule has 228 valence electrons. The minimum atomic E-state index is -4.41. The molecule has 11 heteroatoms. The monoisotopic (exact) mass is 588 g/mol. The molecular formula is C31H39F3N4O4. The number of fused-ring (bicyclic) bond motifs is 1. The van der Waals surface area contributed by atoms with Crippen molar-refractivity contribution in [1.82, 2.24) is 9.47 Å². The van der Waals surface area contributed by atoms with Crippen LogP contribution in [-0.4, -0.2) is 91.6 Å². The number of likely N-dealkylation sites (tertiary alicyclic amines) is 1. The molecule has 1 fully saturated rings. The highest BCUT2D eigenvalue weighted by atomic mass is 19.4. The van der Waals surface area contributed by atoms with E-state index in [0.717, 1.165) is 31.6 Å². The molecule has 3 aromatic rings. The Morgan fingerprint density at radius 1 is 1.02 bits per heavy atom. The van der Waals surface area contributed by atoms with Gasteiger partial charge in [-0.15, -0.1) is 0 Å². The second-order valence-corrected chi connectivity index (χ2v) is 10.4. The topological polar surface area (TPSA) is 91.2 Å². The number of nitrogens with zero attached hydrogens (tertiary/aromatic N) is 2. The molecule has 1 saturated heterocycles. The molecule has 2 aromatic carbocycles. The molecule has 4 rings (SSSR count). The normalized spacial score (nSPS) is 17.6. The van der Waals surface area contributed by atoms with Crippen molar-refractivity contribution < 1.29 is 32.9 Å². The molecule has 0 spiro atoms. The molecule has 42 heavy (non-hydrogen) atoms. The summed E-state index contributed by atoms with van der Waals surface area (Å²) in [7, 11) is 2.09. The molecule has 0 aliphatic carbocycles. The van der Waals surface area contributed by atoms with Crippen molar-refractivity contribution >= 4 is 22.3 Å². The van der Waals surface area contributed by atoms with Crippen LogP contribution in [0.3, 0.4) is 0 Å². The van der Waals surface area contributed by atoms with Gasteiger partial charge in [-0.25, -0.2) is 0 Å². The molecule has 0 amide bonds. The van der Waals surface area contributed by atoms with Crippen LogP contribution in [0.2, 0.25) is 0 Å². The fourth-order valence-electron chi connectivity index (χ4n) is 5.28. The zero-order chi connectivity index (χ0) is 30.0. The quantitative estimate of drug-likeness (QED) is 0.133. The lowest BCUT2D eigenvalue weighted by Gasteiger charge is -2.38. The van der Waals surface area contributed by atoms with Gasteiger partial charge in [0.15, 0.2) is 0 Å². The molecule has 0 radical (unpaired) electrons. The van der Waals surface area contributed by atoms with E-state index in [1.807, 2.05) is 6.07 Å². The lowest BCUT2D eigenvalue weighted by atomic mass is 9.89. The van der Waals surface area contributed by atoms with E-state index in [9.17, 15) is 18.3 Å². The second kappa shape index (κ2) is 15.2. The molecule has 4 N–H and O–H groups in total. The van der Waals surface area contributed by atoms with Crippen molar-refractivity contribution in [3.8, 4) is 17.6 Å². The molecule has 1 aliphatic rings. The maximum Gasteiger partial charge on any atom is 0.406 e. The highest BCUT2D eigenvalue weighted by Crippen LogP contribution is 2.32. The van der Waals surface area contributed by atoms with E-state index >= 15 is 0 Å². The first-order valence-electron chi connectivity index (χ1n) is 14.2. The number of anilines is 2. The molecule has 0 bridgehead atoms. The van der Waals surface area contributed by atoms with Crippen LogP contribution in [0.5, 0.6) is 5.75 Å². The maximum absolute atomic E-state index is 13.6. The lowest BCUT2D eigenvalue weighted by Crippen LogP contribution is -2.45. The van der Waals surface area contributed by atoms with E-state index in [1.54, 1.807) is 42.5 Å². The van der Waals surface area contributed by atoms with Gasteiger partial charge in [-0.3, -0.25) is 0 Å². The predicted molar refractivity (Wildman–Crippen MR) is 158 cm³/mol. The van der Waals surface area contributed by atoms with Gasteiger partial charge in [0.1, 0.15) is 12.3 Å². The Morgan fingerprint density at radius 2 is 1.79 bits per heavy atom. The van der Waals surface area contributed by atoms with Gasteiger partial charge in [-0.2, -0.15) is 13.2 Å². The first-order chi connectivity index (χ1) is 20.2.